The molecule has 21 heavy (non-hydrogen) atoms. The molecule has 0 aliphatic rings. The first-order valence-corrected chi connectivity index (χ1v) is 8.78. The van der Waals surface area contributed by atoms with Gasteiger partial charge in [0.25, 0.3) is 0 Å². The van der Waals surface area contributed by atoms with Crippen molar-refractivity contribution in [3.8, 4) is 0 Å². The molecule has 1 N–H and O–H groups in total. The van der Waals surface area contributed by atoms with Crippen LogP contribution in [0.1, 0.15) is 28.5 Å². The number of hydrogen-bond donors (Lipinski definition) is 1. The maximum absolute atomic E-state index is 4.19. The summed E-state index contributed by atoms with van der Waals surface area (Å²) in [6, 6.07) is 8.93. The first-order valence-electron chi connectivity index (χ1n) is 7.02. The van der Waals surface area contributed by atoms with Crippen LogP contribution in [0.15, 0.2) is 41.4 Å². The van der Waals surface area contributed by atoms with Gasteiger partial charge in [0.05, 0.1) is 6.54 Å². The molecule has 0 bridgehead atoms. The number of rotatable bonds is 7. The zero-order chi connectivity index (χ0) is 14.5. The summed E-state index contributed by atoms with van der Waals surface area (Å²) in [6.07, 6.45) is 2.80. The van der Waals surface area contributed by atoms with Crippen LogP contribution < -0.4 is 5.32 Å². The smallest absolute Gasteiger partial charge is 0.146 e. The largest absolute Gasteiger partial charge is 0.317 e. The molecule has 0 spiro atoms. The van der Waals surface area contributed by atoms with Crippen molar-refractivity contribution >= 4 is 22.7 Å². The van der Waals surface area contributed by atoms with Crippen LogP contribution in [0.2, 0.25) is 0 Å². The van der Waals surface area contributed by atoms with E-state index in [-0.39, 0.29) is 0 Å². The van der Waals surface area contributed by atoms with E-state index in [1.165, 1.54) is 9.75 Å². The topological polar surface area (TPSA) is 42.7 Å². The molecule has 3 rings (SSSR count). The molecule has 6 heteroatoms. The number of hydrogen-bond acceptors (Lipinski definition) is 5. The predicted octanol–water partition coefficient (Wildman–Crippen LogP) is 3.49. The molecule has 3 heterocycles. The summed E-state index contributed by atoms with van der Waals surface area (Å²) in [4.78, 5) is 2.77. The van der Waals surface area contributed by atoms with Gasteiger partial charge in [-0.25, -0.2) is 0 Å². The number of thiophene rings is 2. The second-order valence-electron chi connectivity index (χ2n) is 4.77. The highest BCUT2D eigenvalue weighted by molar-refractivity contribution is 7.10. The third-order valence-corrected chi connectivity index (χ3v) is 5.30. The Morgan fingerprint density at radius 1 is 1.24 bits per heavy atom. The van der Waals surface area contributed by atoms with Crippen molar-refractivity contribution in [2.75, 3.05) is 0 Å². The van der Waals surface area contributed by atoms with Gasteiger partial charge in [-0.3, -0.25) is 0 Å². The van der Waals surface area contributed by atoms with E-state index in [2.05, 4.69) is 62.0 Å². The number of aromatic nitrogens is 3. The second-order valence-corrected chi connectivity index (χ2v) is 6.78. The monoisotopic (exact) mass is 318 g/mol. The molecule has 0 aliphatic carbocycles. The van der Waals surface area contributed by atoms with E-state index in [1.54, 1.807) is 17.7 Å². The quantitative estimate of drug-likeness (QED) is 0.725. The molecular weight excluding hydrogens is 300 g/mol. The minimum Gasteiger partial charge on any atom is -0.317 e. The van der Waals surface area contributed by atoms with E-state index in [9.17, 15) is 0 Å². The molecule has 4 nitrogen and oxygen atoms in total. The Bertz CT molecular complexity index is 643. The van der Waals surface area contributed by atoms with Gasteiger partial charge in [-0.2, -0.15) is 0 Å². The van der Waals surface area contributed by atoms with Crippen LogP contribution in [-0.2, 0) is 19.5 Å². The van der Waals surface area contributed by atoms with Crippen molar-refractivity contribution in [3.63, 3.8) is 0 Å². The van der Waals surface area contributed by atoms with Crippen molar-refractivity contribution in [1.29, 1.82) is 0 Å². The normalized spacial score (nSPS) is 12.6. The fraction of sp³-hybridized carbons (Fsp3) is 0.333. The summed E-state index contributed by atoms with van der Waals surface area (Å²) < 4.78 is 2.07. The Hall–Kier alpha value is -1.50. The van der Waals surface area contributed by atoms with Crippen molar-refractivity contribution < 1.29 is 0 Å². The summed E-state index contributed by atoms with van der Waals surface area (Å²) in [7, 11) is 0. The molecule has 3 aromatic heterocycles. The SMILES string of the molecule is CCn1cnnc1CNC(Cc1cccs1)c1cccs1. The lowest BCUT2D eigenvalue weighted by Crippen LogP contribution is -2.23. The van der Waals surface area contributed by atoms with E-state index in [1.807, 2.05) is 11.3 Å². The molecule has 0 radical (unpaired) electrons. The Morgan fingerprint density at radius 3 is 2.81 bits per heavy atom. The maximum Gasteiger partial charge on any atom is 0.146 e. The molecule has 3 aromatic rings. The van der Waals surface area contributed by atoms with Gasteiger partial charge in [0.1, 0.15) is 12.2 Å². The average Bonchev–Trinajstić information content (AvgIpc) is 3.23. The highest BCUT2D eigenvalue weighted by atomic mass is 32.1. The molecule has 0 saturated carbocycles. The lowest BCUT2D eigenvalue weighted by molar-refractivity contribution is 0.514. The molecule has 110 valence electrons. The van der Waals surface area contributed by atoms with Gasteiger partial charge in [0, 0.05) is 28.8 Å². The summed E-state index contributed by atoms with van der Waals surface area (Å²) in [5.74, 6) is 0.991. The van der Waals surface area contributed by atoms with Crippen molar-refractivity contribution in [2.45, 2.75) is 32.5 Å². The van der Waals surface area contributed by atoms with E-state index >= 15 is 0 Å². The molecular formula is C15H18N4S2. The Kier molecular flexibility index (Phi) is 4.80. The fourth-order valence-electron chi connectivity index (χ4n) is 2.29. The van der Waals surface area contributed by atoms with Gasteiger partial charge in [-0.15, -0.1) is 32.9 Å². The standard InChI is InChI=1S/C15H18N4S2/c1-2-19-11-17-18-15(19)10-16-13(14-6-4-8-21-14)9-12-5-3-7-20-12/h3-8,11,13,16H,2,9-10H2,1H3. The molecule has 1 atom stereocenters. The Labute approximate surface area is 132 Å². The third-order valence-electron chi connectivity index (χ3n) is 3.42. The van der Waals surface area contributed by atoms with Gasteiger partial charge in [-0.1, -0.05) is 12.1 Å². The van der Waals surface area contributed by atoms with Crippen molar-refractivity contribution in [1.82, 2.24) is 20.1 Å². The second kappa shape index (κ2) is 6.98. The molecule has 0 aliphatic heterocycles. The van der Waals surface area contributed by atoms with E-state index in [0.29, 0.717) is 6.04 Å². The van der Waals surface area contributed by atoms with Crippen LogP contribution in [-0.4, -0.2) is 14.8 Å². The summed E-state index contributed by atoms with van der Waals surface area (Å²) in [5.41, 5.74) is 0. The summed E-state index contributed by atoms with van der Waals surface area (Å²) >= 11 is 3.61. The number of aryl methyl sites for hydroxylation is 1. The average molecular weight is 318 g/mol. The zero-order valence-corrected chi connectivity index (χ0v) is 13.5. The zero-order valence-electron chi connectivity index (χ0n) is 11.9. The number of nitrogens with zero attached hydrogens (tertiary/aromatic N) is 3. The summed E-state index contributed by atoms with van der Waals surface area (Å²) in [6.45, 7) is 3.75. The minimum atomic E-state index is 0.325. The molecule has 0 amide bonds. The van der Waals surface area contributed by atoms with Crippen molar-refractivity contribution in [3.05, 3.63) is 56.9 Å². The van der Waals surface area contributed by atoms with E-state index < -0.39 is 0 Å². The minimum absolute atomic E-state index is 0.325. The third kappa shape index (κ3) is 3.58. The van der Waals surface area contributed by atoms with E-state index in [0.717, 1.165) is 25.3 Å². The molecule has 0 aromatic carbocycles. The lowest BCUT2D eigenvalue weighted by Gasteiger charge is -2.16. The van der Waals surface area contributed by atoms with Gasteiger partial charge in [0.2, 0.25) is 0 Å². The van der Waals surface area contributed by atoms with Gasteiger partial charge in [-0.05, 0) is 29.8 Å². The molecule has 0 fully saturated rings. The molecule has 0 saturated heterocycles. The Balaban J connectivity index is 1.70. The Morgan fingerprint density at radius 2 is 2.10 bits per heavy atom. The van der Waals surface area contributed by atoms with Crippen LogP contribution in [0.3, 0.4) is 0 Å². The first kappa shape index (κ1) is 14.4. The number of nitrogens with one attached hydrogen (secondary N) is 1. The van der Waals surface area contributed by atoms with Crippen LogP contribution >= 0.6 is 22.7 Å². The van der Waals surface area contributed by atoms with E-state index in [4.69, 9.17) is 0 Å². The highest BCUT2D eigenvalue weighted by Gasteiger charge is 2.15. The highest BCUT2D eigenvalue weighted by Crippen LogP contribution is 2.25. The van der Waals surface area contributed by atoms with Crippen LogP contribution in [0.5, 0.6) is 0 Å². The van der Waals surface area contributed by atoms with Crippen LogP contribution in [0.25, 0.3) is 0 Å². The van der Waals surface area contributed by atoms with Crippen LogP contribution in [0, 0.1) is 0 Å². The first-order chi connectivity index (χ1) is 10.4. The van der Waals surface area contributed by atoms with Crippen molar-refractivity contribution in [2.24, 2.45) is 0 Å². The van der Waals surface area contributed by atoms with Gasteiger partial charge in [0.15, 0.2) is 0 Å². The van der Waals surface area contributed by atoms with Gasteiger partial charge >= 0.3 is 0 Å². The van der Waals surface area contributed by atoms with Crippen LogP contribution in [0.4, 0.5) is 0 Å². The lowest BCUT2D eigenvalue weighted by atomic mass is 10.1. The maximum atomic E-state index is 4.19. The predicted molar refractivity (Wildman–Crippen MR) is 87.6 cm³/mol. The summed E-state index contributed by atoms with van der Waals surface area (Å²) in [5, 5.41) is 16.1. The fourth-order valence-corrected chi connectivity index (χ4v) is 3.84. The van der Waals surface area contributed by atoms with Gasteiger partial charge < -0.3 is 9.88 Å². The molecule has 1 unspecified atom stereocenters.